The van der Waals surface area contributed by atoms with Crippen LogP contribution < -0.4 is 16.1 Å². The summed E-state index contributed by atoms with van der Waals surface area (Å²) in [6, 6.07) is 12.8. The van der Waals surface area contributed by atoms with Crippen molar-refractivity contribution < 1.29 is 25.0 Å². The van der Waals surface area contributed by atoms with Crippen molar-refractivity contribution in [3.63, 3.8) is 0 Å². The Balaban J connectivity index is 1.43. The third-order valence-electron chi connectivity index (χ3n) is 7.63. The number of rotatable bonds is 10. The van der Waals surface area contributed by atoms with Crippen LogP contribution in [-0.2, 0) is 22.4 Å². The lowest BCUT2D eigenvalue weighted by atomic mass is 9.88. The van der Waals surface area contributed by atoms with Crippen LogP contribution in [0.25, 0.3) is 0 Å². The van der Waals surface area contributed by atoms with Gasteiger partial charge in [0.15, 0.2) is 0 Å². The zero-order chi connectivity index (χ0) is 24.5. The Kier molecular flexibility index (Phi) is 6.77. The number of hydroxylamine groups is 1. The minimum absolute atomic E-state index is 0.0757. The van der Waals surface area contributed by atoms with E-state index in [0.29, 0.717) is 23.8 Å². The number of phenolic OH excluding ortho intramolecular Hbond substituents is 1. The fraction of sp³-hybridized carbons (Fsp3) is 0.481. The molecule has 0 aromatic heterocycles. The number of carbonyl (C=O) groups excluding carboxylic acids is 2. The Hall–Kier alpha value is -2.94. The number of carbonyl (C=O) groups is 2. The summed E-state index contributed by atoms with van der Waals surface area (Å²) >= 11 is 0. The molecule has 2 saturated carbocycles. The van der Waals surface area contributed by atoms with Crippen LogP contribution in [0.3, 0.4) is 0 Å². The second kappa shape index (κ2) is 9.97. The van der Waals surface area contributed by atoms with Crippen molar-refractivity contribution in [2.24, 2.45) is 17.8 Å². The molecular weight excluding hydrogens is 446 g/mol. The summed E-state index contributed by atoms with van der Waals surface area (Å²) in [5.74, 6) is -0.894. The Labute approximate surface area is 204 Å². The molecule has 5 rings (SSSR count). The molecule has 2 amide bonds. The Morgan fingerprint density at radius 2 is 1.69 bits per heavy atom. The average molecular weight is 480 g/mol. The lowest BCUT2D eigenvalue weighted by Crippen LogP contribution is -2.57. The van der Waals surface area contributed by atoms with Crippen LogP contribution in [0.4, 0.5) is 0 Å². The molecule has 2 fully saturated rings. The van der Waals surface area contributed by atoms with Crippen molar-refractivity contribution in [2.45, 2.75) is 62.8 Å². The summed E-state index contributed by atoms with van der Waals surface area (Å²) in [6.45, 7) is 0. The number of benzene rings is 2. The van der Waals surface area contributed by atoms with Crippen molar-refractivity contribution in [3.05, 3.63) is 65.2 Å². The molecule has 0 radical (unpaired) electrons. The number of phenols is 1. The molecule has 2 aromatic carbocycles. The summed E-state index contributed by atoms with van der Waals surface area (Å²) in [4.78, 5) is 26.7. The van der Waals surface area contributed by atoms with Crippen LogP contribution in [0.5, 0.6) is 5.75 Å². The number of fused-ring (bicyclic) bond motifs is 1. The van der Waals surface area contributed by atoms with Crippen LogP contribution in [0.2, 0.25) is 0 Å². The van der Waals surface area contributed by atoms with Crippen LogP contribution in [0, 0.1) is 17.8 Å². The van der Waals surface area contributed by atoms with Gasteiger partial charge in [0, 0.05) is 12.5 Å². The molecule has 0 aliphatic heterocycles. The molecule has 3 aliphatic carbocycles. The van der Waals surface area contributed by atoms with E-state index >= 15 is 0 Å². The van der Waals surface area contributed by atoms with E-state index in [1.807, 2.05) is 24.3 Å². The molecular formula is C27H33N3O5. The van der Waals surface area contributed by atoms with Gasteiger partial charge < -0.3 is 20.8 Å². The lowest BCUT2D eigenvalue weighted by Gasteiger charge is -2.31. The second-order valence-electron chi connectivity index (χ2n) is 10.3. The summed E-state index contributed by atoms with van der Waals surface area (Å²) in [5.41, 5.74) is 4.31. The molecule has 6 N–H and O–H groups in total. The van der Waals surface area contributed by atoms with Gasteiger partial charge in [-0.15, -0.1) is 0 Å². The van der Waals surface area contributed by atoms with Gasteiger partial charge >= 0.3 is 0 Å². The van der Waals surface area contributed by atoms with Gasteiger partial charge in [0.2, 0.25) is 5.91 Å². The van der Waals surface area contributed by atoms with Crippen LogP contribution in [0.15, 0.2) is 48.5 Å². The van der Waals surface area contributed by atoms with Crippen LogP contribution >= 0.6 is 0 Å². The molecule has 4 unspecified atom stereocenters. The van der Waals surface area contributed by atoms with Gasteiger partial charge in [0.05, 0.1) is 18.1 Å². The average Bonchev–Trinajstić information content (AvgIpc) is 3.77. The predicted molar refractivity (Wildman–Crippen MR) is 128 cm³/mol. The summed E-state index contributed by atoms with van der Waals surface area (Å²) < 4.78 is 0. The van der Waals surface area contributed by atoms with Crippen molar-refractivity contribution in [2.75, 3.05) is 0 Å². The molecule has 0 saturated heterocycles. The highest BCUT2D eigenvalue weighted by molar-refractivity contribution is 5.90. The monoisotopic (exact) mass is 479 g/mol. The fourth-order valence-electron chi connectivity index (χ4n) is 5.53. The zero-order valence-corrected chi connectivity index (χ0v) is 19.6. The van der Waals surface area contributed by atoms with Crippen molar-refractivity contribution >= 4 is 11.8 Å². The van der Waals surface area contributed by atoms with Gasteiger partial charge in [-0.3, -0.25) is 14.8 Å². The number of hydrogen-bond donors (Lipinski definition) is 6. The zero-order valence-electron chi connectivity index (χ0n) is 19.6. The maximum atomic E-state index is 13.8. The lowest BCUT2D eigenvalue weighted by molar-refractivity contribution is -0.138. The van der Waals surface area contributed by atoms with Crippen molar-refractivity contribution in [1.82, 2.24) is 16.1 Å². The minimum atomic E-state index is -0.970. The molecule has 0 bridgehead atoms. The smallest absolute Gasteiger partial charge is 0.261 e. The molecule has 186 valence electrons. The van der Waals surface area contributed by atoms with E-state index in [9.17, 15) is 25.0 Å². The molecule has 0 heterocycles. The minimum Gasteiger partial charge on any atom is -0.508 e. The van der Waals surface area contributed by atoms with E-state index < -0.39 is 30.0 Å². The van der Waals surface area contributed by atoms with E-state index in [1.54, 1.807) is 29.7 Å². The van der Waals surface area contributed by atoms with Gasteiger partial charge in [-0.1, -0.05) is 36.4 Å². The molecule has 35 heavy (non-hydrogen) atoms. The highest BCUT2D eigenvalue weighted by Gasteiger charge is 2.46. The number of hydrogen-bond acceptors (Lipinski definition) is 6. The van der Waals surface area contributed by atoms with Crippen LogP contribution in [-0.4, -0.2) is 45.4 Å². The van der Waals surface area contributed by atoms with E-state index in [4.69, 9.17) is 0 Å². The number of aromatic hydroxyl groups is 1. The van der Waals surface area contributed by atoms with Gasteiger partial charge in [-0.05, 0) is 72.8 Å². The Bertz CT molecular complexity index is 1070. The molecule has 4 atom stereocenters. The van der Waals surface area contributed by atoms with Crippen molar-refractivity contribution in [3.8, 4) is 5.75 Å². The van der Waals surface area contributed by atoms with E-state index in [2.05, 4.69) is 10.6 Å². The van der Waals surface area contributed by atoms with Gasteiger partial charge in [0.25, 0.3) is 5.91 Å². The molecule has 2 aromatic rings. The van der Waals surface area contributed by atoms with E-state index in [0.717, 1.165) is 36.8 Å². The number of amides is 2. The first kappa shape index (κ1) is 23.8. The number of nitrogens with one attached hydrogen (secondary N) is 3. The maximum Gasteiger partial charge on any atom is 0.261 e. The van der Waals surface area contributed by atoms with Gasteiger partial charge in [-0.2, -0.15) is 0 Å². The Morgan fingerprint density at radius 3 is 2.34 bits per heavy atom. The Morgan fingerprint density at radius 1 is 0.971 bits per heavy atom. The fourth-order valence-corrected chi connectivity index (χ4v) is 5.53. The summed E-state index contributed by atoms with van der Waals surface area (Å²) in [7, 11) is 0. The highest BCUT2D eigenvalue weighted by Crippen LogP contribution is 2.45. The van der Waals surface area contributed by atoms with Gasteiger partial charge in [0.1, 0.15) is 11.8 Å². The largest absolute Gasteiger partial charge is 0.508 e. The normalized spacial score (nSPS) is 22.9. The first-order valence-electron chi connectivity index (χ1n) is 12.5. The first-order valence-corrected chi connectivity index (χ1v) is 12.5. The second-order valence-corrected chi connectivity index (χ2v) is 10.3. The van der Waals surface area contributed by atoms with E-state index in [1.165, 1.54) is 0 Å². The standard InChI is InChI=1S/C27H33N3O5/c31-19-6-3-4-15(12-19)13-21(25(27(34)30-35)28-23(16-8-9-16)17-10-11-17)26(33)29-24-20-7-2-1-5-18(20)14-22(24)32/h1-7,12,16-17,21-25,28,31-32,35H,8-11,13-14H2,(H,29,33)(H,30,34). The molecule has 8 nitrogen and oxygen atoms in total. The predicted octanol–water partition coefficient (Wildman–Crippen LogP) is 1.98. The molecule has 3 aliphatic rings. The quantitative estimate of drug-likeness (QED) is 0.228. The third-order valence-corrected chi connectivity index (χ3v) is 7.63. The highest BCUT2D eigenvalue weighted by atomic mass is 16.5. The molecule has 0 spiro atoms. The van der Waals surface area contributed by atoms with E-state index in [-0.39, 0.29) is 24.1 Å². The summed E-state index contributed by atoms with van der Waals surface area (Å²) in [5, 5.41) is 36.7. The molecule has 8 heteroatoms. The first-order chi connectivity index (χ1) is 16.9. The number of aliphatic hydroxyl groups excluding tert-OH is 1. The topological polar surface area (TPSA) is 131 Å². The van der Waals surface area contributed by atoms with Crippen LogP contribution in [0.1, 0.15) is 48.4 Å². The van der Waals surface area contributed by atoms with Crippen molar-refractivity contribution in [1.29, 1.82) is 0 Å². The summed E-state index contributed by atoms with van der Waals surface area (Å²) in [6.07, 6.45) is 4.24. The SMILES string of the molecule is O=C(NC1c2ccccc2CC1O)C(Cc1cccc(O)c1)C(NC(C1CC1)C1CC1)C(=O)NO. The maximum absolute atomic E-state index is 13.8. The number of aliphatic hydroxyl groups is 1. The van der Waals surface area contributed by atoms with Gasteiger partial charge in [-0.25, -0.2) is 5.48 Å². The third kappa shape index (κ3) is 5.34.